The normalized spacial score (nSPS) is 11.5. The third-order valence-corrected chi connectivity index (χ3v) is 4.16. The maximum Gasteiger partial charge on any atom is 0.185 e. The average Bonchev–Trinajstić information content (AvgIpc) is 2.77. The molecule has 11 heteroatoms. The van der Waals surface area contributed by atoms with Crippen LogP contribution in [0.25, 0.3) is 0 Å². The highest BCUT2D eigenvalue weighted by Crippen LogP contribution is 2.20. The fourth-order valence-corrected chi connectivity index (χ4v) is 2.47. The van der Waals surface area contributed by atoms with Crippen LogP contribution in [0.4, 0.5) is 0 Å². The van der Waals surface area contributed by atoms with Gasteiger partial charge in [0.15, 0.2) is 12.4 Å². The van der Waals surface area contributed by atoms with Gasteiger partial charge in [-0.3, -0.25) is 0 Å². The summed E-state index contributed by atoms with van der Waals surface area (Å²) in [7, 11) is 0. The summed E-state index contributed by atoms with van der Waals surface area (Å²) in [4.78, 5) is 7.81. The molecular weight excluding hydrogens is 495 g/mol. The van der Waals surface area contributed by atoms with Crippen LogP contribution in [0.15, 0.2) is 36.7 Å². The van der Waals surface area contributed by atoms with Crippen LogP contribution in [0, 0.1) is 11.3 Å². The first-order valence-electron chi connectivity index (χ1n) is 8.70. The molecule has 2 heterocycles. The van der Waals surface area contributed by atoms with Crippen molar-refractivity contribution in [3.05, 3.63) is 58.1 Å². The Balaban J connectivity index is 0.000000303. The smallest absolute Gasteiger partial charge is 0.185 e. The summed E-state index contributed by atoms with van der Waals surface area (Å²) >= 11 is 27.8. The van der Waals surface area contributed by atoms with Crippen LogP contribution in [0.1, 0.15) is 23.5 Å². The number of halogens is 5. The predicted octanol–water partition coefficient (Wildman–Crippen LogP) is 5.80. The maximum atomic E-state index is 8.80. The largest absolute Gasteiger partial charge is 0.357 e. The summed E-state index contributed by atoms with van der Waals surface area (Å²) in [5.74, 6) is 1.17. The first-order valence-corrected chi connectivity index (χ1v) is 11.1. The number of aromatic nitrogens is 2. The predicted molar refractivity (Wildman–Crippen MR) is 120 cm³/mol. The van der Waals surface area contributed by atoms with Gasteiger partial charge in [-0.25, -0.2) is 9.97 Å². The lowest BCUT2D eigenvalue weighted by atomic mass is 10.2. The second-order valence-corrected chi connectivity index (χ2v) is 7.26. The van der Waals surface area contributed by atoms with E-state index in [1.165, 1.54) is 6.20 Å². The van der Waals surface area contributed by atoms with Crippen LogP contribution in [0.5, 0.6) is 0 Å². The van der Waals surface area contributed by atoms with Crippen molar-refractivity contribution in [2.24, 2.45) is 0 Å². The van der Waals surface area contributed by atoms with Gasteiger partial charge in [-0.15, -0.1) is 34.8 Å². The minimum atomic E-state index is -0.626. The summed E-state index contributed by atoms with van der Waals surface area (Å²) in [5, 5.41) is 9.62. The Bertz CT molecular complexity index is 737. The summed E-state index contributed by atoms with van der Waals surface area (Å²) in [6.45, 7) is 1.14. The molecule has 164 valence electrons. The van der Waals surface area contributed by atoms with Crippen LogP contribution in [0.3, 0.4) is 0 Å². The molecule has 0 aliphatic heterocycles. The van der Waals surface area contributed by atoms with Crippen molar-refractivity contribution in [2.75, 3.05) is 37.5 Å². The SMILES string of the molecule is ClCCOC(OCCCl)c1ccc(Cl)nc1.N#CC(OCCCl)c1ccc(Cl)nc1. The molecule has 0 radical (unpaired) electrons. The summed E-state index contributed by atoms with van der Waals surface area (Å²) in [6, 6.07) is 8.80. The third kappa shape index (κ3) is 10.9. The number of alkyl halides is 3. The van der Waals surface area contributed by atoms with Crippen molar-refractivity contribution in [1.82, 2.24) is 9.97 Å². The van der Waals surface area contributed by atoms with Crippen molar-refractivity contribution in [3.8, 4) is 6.07 Å². The molecule has 6 nitrogen and oxygen atoms in total. The lowest BCUT2D eigenvalue weighted by Gasteiger charge is -2.17. The number of hydrogen-bond donors (Lipinski definition) is 0. The highest BCUT2D eigenvalue weighted by molar-refractivity contribution is 6.29. The summed E-state index contributed by atoms with van der Waals surface area (Å²) in [5.41, 5.74) is 1.47. The zero-order chi connectivity index (χ0) is 22.2. The van der Waals surface area contributed by atoms with Gasteiger partial charge in [-0.2, -0.15) is 5.26 Å². The molecule has 0 aromatic carbocycles. The van der Waals surface area contributed by atoms with E-state index >= 15 is 0 Å². The minimum Gasteiger partial charge on any atom is -0.357 e. The molecule has 1 unspecified atom stereocenters. The van der Waals surface area contributed by atoms with Crippen LogP contribution < -0.4 is 0 Å². The second kappa shape index (κ2) is 16.8. The van der Waals surface area contributed by atoms with Crippen LogP contribution >= 0.6 is 58.0 Å². The van der Waals surface area contributed by atoms with E-state index in [2.05, 4.69) is 9.97 Å². The zero-order valence-corrected chi connectivity index (χ0v) is 19.6. The second-order valence-electron chi connectivity index (χ2n) is 5.35. The van der Waals surface area contributed by atoms with Gasteiger partial charge in [-0.05, 0) is 18.2 Å². The molecule has 0 N–H and O–H groups in total. The van der Waals surface area contributed by atoms with Crippen molar-refractivity contribution < 1.29 is 14.2 Å². The standard InChI is InChI=1S/C10H12Cl3NO2.C9H8Cl2N2O/c11-3-5-15-10(16-6-4-12)8-1-2-9(13)14-7-8;10-3-4-14-8(5-12)7-1-2-9(11)13-6-7/h1-2,7,10H,3-6H2;1-2,6,8H,3-4H2. The van der Waals surface area contributed by atoms with E-state index in [9.17, 15) is 0 Å². The monoisotopic (exact) mass is 513 g/mol. The van der Waals surface area contributed by atoms with E-state index in [-0.39, 0.29) is 0 Å². The molecule has 2 aromatic rings. The topological polar surface area (TPSA) is 77.3 Å². The Hall–Kier alpha value is -0.880. The Morgan fingerprint density at radius 1 is 0.767 bits per heavy atom. The van der Waals surface area contributed by atoms with Gasteiger partial charge in [0.1, 0.15) is 10.3 Å². The fourth-order valence-electron chi connectivity index (χ4n) is 1.98. The van der Waals surface area contributed by atoms with Gasteiger partial charge in [0.05, 0.1) is 25.9 Å². The van der Waals surface area contributed by atoms with Crippen molar-refractivity contribution in [1.29, 1.82) is 5.26 Å². The van der Waals surface area contributed by atoms with E-state index in [1.807, 2.05) is 6.07 Å². The van der Waals surface area contributed by atoms with Crippen LogP contribution in [-0.4, -0.2) is 47.4 Å². The van der Waals surface area contributed by atoms with E-state index in [0.717, 1.165) is 5.56 Å². The van der Waals surface area contributed by atoms with Gasteiger partial charge >= 0.3 is 0 Å². The number of nitriles is 1. The summed E-state index contributed by atoms with van der Waals surface area (Å²) < 4.78 is 16.0. The number of pyridine rings is 2. The van der Waals surface area contributed by atoms with E-state index in [0.29, 0.717) is 53.3 Å². The molecule has 0 bridgehead atoms. The van der Waals surface area contributed by atoms with Gasteiger partial charge in [-0.1, -0.05) is 29.3 Å². The van der Waals surface area contributed by atoms with Crippen molar-refractivity contribution in [3.63, 3.8) is 0 Å². The Morgan fingerprint density at radius 2 is 1.23 bits per heavy atom. The molecule has 2 aromatic heterocycles. The first kappa shape index (κ1) is 27.2. The first-order chi connectivity index (χ1) is 14.5. The minimum absolute atomic E-state index is 0.336. The molecule has 1 atom stereocenters. The van der Waals surface area contributed by atoms with Crippen molar-refractivity contribution >= 4 is 58.0 Å². The van der Waals surface area contributed by atoms with Crippen molar-refractivity contribution in [2.45, 2.75) is 12.4 Å². The lowest BCUT2D eigenvalue weighted by Crippen LogP contribution is -2.12. The zero-order valence-electron chi connectivity index (χ0n) is 15.8. The third-order valence-electron chi connectivity index (χ3n) is 3.25. The molecule has 0 aliphatic carbocycles. The number of rotatable bonds is 11. The van der Waals surface area contributed by atoms with Gasteiger partial charge in [0.25, 0.3) is 0 Å². The van der Waals surface area contributed by atoms with Crippen LogP contribution in [0.2, 0.25) is 10.3 Å². The fraction of sp³-hybridized carbons (Fsp3) is 0.421. The van der Waals surface area contributed by atoms with E-state index in [1.54, 1.807) is 30.5 Å². The highest BCUT2D eigenvalue weighted by atomic mass is 35.5. The molecule has 0 spiro atoms. The average molecular weight is 516 g/mol. The van der Waals surface area contributed by atoms with Gasteiger partial charge < -0.3 is 14.2 Å². The Kier molecular flexibility index (Phi) is 15.2. The highest BCUT2D eigenvalue weighted by Gasteiger charge is 2.12. The Morgan fingerprint density at radius 3 is 1.63 bits per heavy atom. The van der Waals surface area contributed by atoms with E-state index in [4.69, 9.17) is 77.5 Å². The molecule has 30 heavy (non-hydrogen) atoms. The molecule has 0 saturated carbocycles. The van der Waals surface area contributed by atoms with Gasteiger partial charge in [0, 0.05) is 41.2 Å². The van der Waals surface area contributed by atoms with Crippen LogP contribution in [-0.2, 0) is 14.2 Å². The molecule has 0 amide bonds. The van der Waals surface area contributed by atoms with E-state index < -0.39 is 12.4 Å². The number of ether oxygens (including phenoxy) is 3. The maximum absolute atomic E-state index is 8.80. The molecular formula is C19H20Cl5N3O3. The molecule has 2 rings (SSSR count). The number of hydrogen-bond acceptors (Lipinski definition) is 6. The molecule has 0 saturated heterocycles. The van der Waals surface area contributed by atoms with Gasteiger partial charge in [0.2, 0.25) is 0 Å². The Labute approximate surface area is 200 Å². The summed E-state index contributed by atoms with van der Waals surface area (Å²) in [6.07, 6.45) is 2.00. The quantitative estimate of drug-likeness (QED) is 0.214. The molecule has 0 aliphatic rings. The number of nitrogens with zero attached hydrogens (tertiary/aromatic N) is 3. The molecule has 0 fully saturated rings. The lowest BCUT2D eigenvalue weighted by molar-refractivity contribution is -0.139.